The van der Waals surface area contributed by atoms with E-state index in [1.165, 1.54) is 23.2 Å². The van der Waals surface area contributed by atoms with E-state index in [1.54, 1.807) is 19.2 Å². The zero-order chi connectivity index (χ0) is 21.1. The van der Waals surface area contributed by atoms with Gasteiger partial charge in [-0.1, -0.05) is 42.5 Å². The van der Waals surface area contributed by atoms with Gasteiger partial charge in [0.15, 0.2) is 12.2 Å². The molecule has 4 rings (SSSR count). The van der Waals surface area contributed by atoms with E-state index in [2.05, 4.69) is 20.8 Å². The summed E-state index contributed by atoms with van der Waals surface area (Å²) in [6, 6.07) is 14.7. The van der Waals surface area contributed by atoms with E-state index < -0.39 is 18.2 Å². The second-order valence-corrected chi connectivity index (χ2v) is 7.07. The number of hydrazone groups is 1. The number of fused-ring (bicyclic) bond motifs is 1. The molecule has 0 bridgehead atoms. The van der Waals surface area contributed by atoms with Crippen LogP contribution in [0.4, 0.5) is 9.18 Å². The molecule has 8 nitrogen and oxygen atoms in total. The van der Waals surface area contributed by atoms with Gasteiger partial charge in [0.2, 0.25) is 5.96 Å². The first-order valence-corrected chi connectivity index (χ1v) is 9.53. The van der Waals surface area contributed by atoms with Crippen LogP contribution in [0.1, 0.15) is 11.1 Å². The predicted octanol–water partition coefficient (Wildman–Crippen LogP) is 1.54. The fraction of sp³-hybridized carbons (Fsp3) is 0.238. The largest absolute Gasteiger partial charge is 0.325 e. The number of hydrogen-bond donors (Lipinski definition) is 2. The monoisotopic (exact) mass is 408 g/mol. The number of guanidine groups is 1. The maximum atomic E-state index is 13.0. The van der Waals surface area contributed by atoms with E-state index in [-0.39, 0.29) is 11.7 Å². The van der Waals surface area contributed by atoms with Crippen LogP contribution in [-0.4, -0.2) is 59.7 Å². The van der Waals surface area contributed by atoms with Gasteiger partial charge < -0.3 is 9.80 Å². The van der Waals surface area contributed by atoms with Crippen LogP contribution in [0.2, 0.25) is 0 Å². The van der Waals surface area contributed by atoms with Crippen molar-refractivity contribution in [2.45, 2.75) is 18.6 Å². The number of aliphatic imine (C=N–C) groups is 1. The minimum Gasteiger partial charge on any atom is -0.325 e. The Hall–Kier alpha value is -3.75. The first-order chi connectivity index (χ1) is 14.5. The van der Waals surface area contributed by atoms with E-state index in [1.807, 2.05) is 35.2 Å². The van der Waals surface area contributed by atoms with Crippen LogP contribution in [0.15, 0.2) is 64.7 Å². The van der Waals surface area contributed by atoms with Crippen molar-refractivity contribution in [3.63, 3.8) is 0 Å². The van der Waals surface area contributed by atoms with Crippen LogP contribution >= 0.6 is 0 Å². The minimum absolute atomic E-state index is 0.324. The SMILES string of the molecule is CN1C(=O)NC(=O)C2C1N=C(N/N=C/c1ccc(F)cc1)N2CCc1ccccc1. The molecule has 154 valence electrons. The Kier molecular flexibility index (Phi) is 5.42. The van der Waals surface area contributed by atoms with Gasteiger partial charge in [0.1, 0.15) is 5.82 Å². The summed E-state index contributed by atoms with van der Waals surface area (Å²) in [5.74, 6) is -0.314. The number of imide groups is 1. The number of benzene rings is 2. The maximum absolute atomic E-state index is 13.0. The van der Waals surface area contributed by atoms with Crippen molar-refractivity contribution in [1.82, 2.24) is 20.5 Å². The molecule has 2 atom stereocenters. The molecule has 0 aromatic heterocycles. The molecule has 2 N–H and O–H groups in total. The van der Waals surface area contributed by atoms with Gasteiger partial charge in [-0.15, -0.1) is 0 Å². The number of urea groups is 1. The van der Waals surface area contributed by atoms with Crippen molar-refractivity contribution in [2.75, 3.05) is 13.6 Å². The maximum Gasteiger partial charge on any atom is 0.325 e. The van der Waals surface area contributed by atoms with Gasteiger partial charge in [-0.3, -0.25) is 10.1 Å². The Balaban J connectivity index is 1.53. The van der Waals surface area contributed by atoms with Gasteiger partial charge in [0.05, 0.1) is 6.21 Å². The number of hydrogen-bond acceptors (Lipinski definition) is 6. The van der Waals surface area contributed by atoms with Gasteiger partial charge in [-0.2, -0.15) is 5.10 Å². The molecule has 2 aliphatic rings. The highest BCUT2D eigenvalue weighted by atomic mass is 19.1. The van der Waals surface area contributed by atoms with Gasteiger partial charge >= 0.3 is 6.03 Å². The van der Waals surface area contributed by atoms with Crippen LogP contribution in [0.25, 0.3) is 0 Å². The highest BCUT2D eigenvalue weighted by Gasteiger charge is 2.48. The van der Waals surface area contributed by atoms with Crippen LogP contribution in [-0.2, 0) is 11.2 Å². The standard InChI is InChI=1S/C21H21FN6O2/c1-27-18-17(19(29)25-21(27)30)28(12-11-14-5-3-2-4-6-14)20(24-18)26-23-13-15-7-9-16(22)10-8-15/h2-10,13,17-18H,11-12H2,1H3,(H,24,26)(H,25,29,30)/b23-13+. The van der Waals surface area contributed by atoms with E-state index in [0.717, 1.165) is 5.56 Å². The molecule has 3 amide bonds. The number of carbonyl (C=O) groups excluding carboxylic acids is 2. The average molecular weight is 408 g/mol. The zero-order valence-electron chi connectivity index (χ0n) is 16.3. The summed E-state index contributed by atoms with van der Waals surface area (Å²) in [6.45, 7) is 0.512. The Morgan fingerprint density at radius 3 is 2.63 bits per heavy atom. The van der Waals surface area contributed by atoms with Crippen molar-refractivity contribution >= 4 is 24.1 Å². The first kappa shape index (κ1) is 19.6. The number of amides is 3. The van der Waals surface area contributed by atoms with Crippen molar-refractivity contribution in [3.05, 3.63) is 71.5 Å². The van der Waals surface area contributed by atoms with E-state index >= 15 is 0 Å². The number of likely N-dealkylation sites (N-methyl/N-ethyl adjacent to an activating group) is 1. The van der Waals surface area contributed by atoms with Gasteiger partial charge in [0.25, 0.3) is 5.91 Å². The summed E-state index contributed by atoms with van der Waals surface area (Å²) in [6.07, 6.45) is 1.59. The number of carbonyl (C=O) groups is 2. The van der Waals surface area contributed by atoms with Gasteiger partial charge in [-0.05, 0) is 29.7 Å². The lowest BCUT2D eigenvalue weighted by molar-refractivity contribution is -0.127. The average Bonchev–Trinajstić information content (AvgIpc) is 3.12. The number of rotatable bonds is 5. The Morgan fingerprint density at radius 2 is 1.90 bits per heavy atom. The lowest BCUT2D eigenvalue weighted by atomic mass is 10.1. The quantitative estimate of drug-likeness (QED) is 0.580. The van der Waals surface area contributed by atoms with Crippen molar-refractivity contribution < 1.29 is 14.0 Å². The third-order valence-electron chi connectivity index (χ3n) is 5.09. The molecule has 0 aliphatic carbocycles. The van der Waals surface area contributed by atoms with E-state index in [4.69, 9.17) is 0 Å². The Morgan fingerprint density at radius 1 is 1.17 bits per heavy atom. The molecule has 1 saturated heterocycles. The first-order valence-electron chi connectivity index (χ1n) is 9.53. The second-order valence-electron chi connectivity index (χ2n) is 7.07. The topological polar surface area (TPSA) is 89.4 Å². The number of nitrogens with zero attached hydrogens (tertiary/aromatic N) is 4. The van der Waals surface area contributed by atoms with Gasteiger partial charge in [-0.25, -0.2) is 19.6 Å². The third-order valence-corrected chi connectivity index (χ3v) is 5.09. The molecule has 9 heteroatoms. The zero-order valence-corrected chi connectivity index (χ0v) is 16.3. The molecular weight excluding hydrogens is 387 g/mol. The smallest absolute Gasteiger partial charge is 0.325 e. The molecule has 2 aromatic rings. The highest BCUT2D eigenvalue weighted by molar-refractivity contribution is 6.03. The Labute approximate surface area is 173 Å². The molecule has 30 heavy (non-hydrogen) atoms. The second kappa shape index (κ2) is 8.32. The van der Waals surface area contributed by atoms with Crippen molar-refractivity contribution in [3.8, 4) is 0 Å². The summed E-state index contributed by atoms with van der Waals surface area (Å²) in [5.41, 5.74) is 4.71. The summed E-state index contributed by atoms with van der Waals surface area (Å²) in [7, 11) is 1.60. The summed E-state index contributed by atoms with van der Waals surface area (Å²) in [5, 5.41) is 6.55. The summed E-state index contributed by atoms with van der Waals surface area (Å²) in [4.78, 5) is 32.3. The fourth-order valence-corrected chi connectivity index (χ4v) is 3.47. The van der Waals surface area contributed by atoms with Gasteiger partial charge in [0, 0.05) is 13.6 Å². The lowest BCUT2D eigenvalue weighted by Gasteiger charge is -2.36. The predicted molar refractivity (Wildman–Crippen MR) is 110 cm³/mol. The van der Waals surface area contributed by atoms with Crippen LogP contribution in [0, 0.1) is 5.82 Å². The van der Waals surface area contributed by atoms with Crippen LogP contribution in [0.5, 0.6) is 0 Å². The Bertz CT molecular complexity index is 992. The molecular formula is C21H21FN6O2. The minimum atomic E-state index is -0.639. The molecule has 0 spiro atoms. The van der Waals surface area contributed by atoms with Crippen molar-refractivity contribution in [2.24, 2.45) is 10.1 Å². The molecule has 2 aliphatic heterocycles. The summed E-state index contributed by atoms with van der Waals surface area (Å²) < 4.78 is 13.0. The molecule has 0 radical (unpaired) electrons. The molecule has 0 saturated carbocycles. The van der Waals surface area contributed by atoms with Crippen molar-refractivity contribution in [1.29, 1.82) is 0 Å². The summed E-state index contributed by atoms with van der Waals surface area (Å²) >= 11 is 0. The number of halogens is 1. The molecule has 2 aromatic carbocycles. The van der Waals surface area contributed by atoms with Crippen LogP contribution in [0.3, 0.4) is 0 Å². The fourth-order valence-electron chi connectivity index (χ4n) is 3.47. The van der Waals surface area contributed by atoms with E-state index in [0.29, 0.717) is 24.5 Å². The lowest BCUT2D eigenvalue weighted by Crippen LogP contribution is -2.64. The normalized spacial score (nSPS) is 20.9. The molecule has 2 heterocycles. The molecule has 1 fully saturated rings. The van der Waals surface area contributed by atoms with Crippen LogP contribution < -0.4 is 10.7 Å². The van der Waals surface area contributed by atoms with E-state index in [9.17, 15) is 14.0 Å². The molecule has 2 unspecified atom stereocenters. The number of nitrogens with one attached hydrogen (secondary N) is 2. The third kappa shape index (κ3) is 4.00. The highest BCUT2D eigenvalue weighted by Crippen LogP contribution is 2.23.